The van der Waals surface area contributed by atoms with Gasteiger partial charge in [-0.15, -0.1) is 0 Å². The highest BCUT2D eigenvalue weighted by molar-refractivity contribution is 6.10. The molecule has 0 aliphatic heterocycles. The van der Waals surface area contributed by atoms with Gasteiger partial charge in [-0.05, 0) is 80.9 Å². The van der Waals surface area contributed by atoms with Crippen molar-refractivity contribution in [1.82, 2.24) is 4.57 Å². The van der Waals surface area contributed by atoms with Crippen molar-refractivity contribution in [2.24, 2.45) is 0 Å². The lowest BCUT2D eigenvalue weighted by atomic mass is 9.82. The van der Waals surface area contributed by atoms with Crippen molar-refractivity contribution in [3.63, 3.8) is 0 Å². The van der Waals surface area contributed by atoms with Crippen LogP contribution in [0, 0.1) is 0 Å². The topological polar surface area (TPSA) is 8.17 Å². The highest BCUT2D eigenvalue weighted by Crippen LogP contribution is 2.55. The van der Waals surface area contributed by atoms with Gasteiger partial charge in [-0.1, -0.05) is 196 Å². The minimum atomic E-state index is -0.118. The van der Waals surface area contributed by atoms with Crippen molar-refractivity contribution in [3.8, 4) is 50.2 Å². The molecule has 0 unspecified atom stereocenters. The summed E-state index contributed by atoms with van der Waals surface area (Å²) < 4.78 is 2.45. The second kappa shape index (κ2) is 13.9. The van der Waals surface area contributed by atoms with Crippen molar-refractivity contribution in [2.45, 2.75) is 19.3 Å². The minimum absolute atomic E-state index is 0.118. The molecule has 10 aromatic rings. The SMILES string of the molecule is CC1(C)c2ccccc2-c2c(-c3ccccc3N(c3ccccc3-c3ccccc3-c3ccccc3)c3ccccc3-n3c4ccccc4c4ccccc43)cccc21. The molecule has 1 heterocycles. The fourth-order valence-electron chi connectivity index (χ4n) is 9.77. The molecule has 9 aromatic carbocycles. The van der Waals surface area contributed by atoms with E-state index in [0.717, 1.165) is 28.3 Å². The lowest BCUT2D eigenvalue weighted by Gasteiger charge is -2.32. The van der Waals surface area contributed by atoms with Crippen LogP contribution in [0.5, 0.6) is 0 Å². The zero-order valence-electron chi connectivity index (χ0n) is 33.2. The van der Waals surface area contributed by atoms with Crippen molar-refractivity contribution in [2.75, 3.05) is 4.90 Å². The summed E-state index contributed by atoms with van der Waals surface area (Å²) in [7, 11) is 0. The predicted octanol–water partition coefficient (Wildman–Crippen LogP) is 15.6. The lowest BCUT2D eigenvalue weighted by molar-refractivity contribution is 0.660. The number of rotatable bonds is 7. The molecule has 0 radical (unpaired) electrons. The Hall–Kier alpha value is -7.42. The minimum Gasteiger partial charge on any atom is -0.307 e. The van der Waals surface area contributed by atoms with Crippen LogP contribution in [-0.2, 0) is 5.41 Å². The van der Waals surface area contributed by atoms with Gasteiger partial charge in [-0.25, -0.2) is 0 Å². The molecule has 0 spiro atoms. The first-order valence-electron chi connectivity index (χ1n) is 20.5. The Bertz CT molecular complexity index is 3150. The summed E-state index contributed by atoms with van der Waals surface area (Å²) >= 11 is 0. The highest BCUT2D eigenvalue weighted by atomic mass is 15.2. The summed E-state index contributed by atoms with van der Waals surface area (Å²) in [6, 6.07) is 79.9. The van der Waals surface area contributed by atoms with Crippen molar-refractivity contribution in [3.05, 3.63) is 230 Å². The fourth-order valence-corrected chi connectivity index (χ4v) is 9.77. The van der Waals surface area contributed by atoms with Gasteiger partial charge in [0.15, 0.2) is 0 Å². The largest absolute Gasteiger partial charge is 0.307 e. The van der Waals surface area contributed by atoms with Crippen LogP contribution in [0.3, 0.4) is 0 Å². The summed E-state index contributed by atoms with van der Waals surface area (Å²) in [6.07, 6.45) is 0. The quantitative estimate of drug-likeness (QED) is 0.157. The fraction of sp³-hybridized carbons (Fsp3) is 0.0526. The Balaban J connectivity index is 1.23. The van der Waals surface area contributed by atoms with Crippen molar-refractivity contribution < 1.29 is 0 Å². The smallest absolute Gasteiger partial charge is 0.0702 e. The van der Waals surface area contributed by atoms with E-state index in [4.69, 9.17) is 0 Å². The number of hydrogen-bond acceptors (Lipinski definition) is 1. The van der Waals surface area contributed by atoms with Crippen LogP contribution < -0.4 is 4.90 Å². The van der Waals surface area contributed by atoms with E-state index in [9.17, 15) is 0 Å². The molecular formula is C57H42N2. The summed E-state index contributed by atoms with van der Waals surface area (Å²) in [6.45, 7) is 4.73. The Labute approximate surface area is 345 Å². The number of anilines is 3. The molecule has 0 amide bonds. The maximum Gasteiger partial charge on any atom is 0.0702 e. The van der Waals surface area contributed by atoms with E-state index in [1.54, 1.807) is 0 Å². The van der Waals surface area contributed by atoms with Gasteiger partial charge in [0.05, 0.1) is 33.8 Å². The Kier molecular flexibility index (Phi) is 8.20. The van der Waals surface area contributed by atoms with E-state index < -0.39 is 0 Å². The van der Waals surface area contributed by atoms with Gasteiger partial charge in [-0.2, -0.15) is 0 Å². The van der Waals surface area contributed by atoms with E-state index in [2.05, 4.69) is 242 Å². The summed E-state index contributed by atoms with van der Waals surface area (Å²) in [5.41, 5.74) is 19.2. The van der Waals surface area contributed by atoms with E-state index in [1.165, 1.54) is 71.9 Å². The highest BCUT2D eigenvalue weighted by Gasteiger charge is 2.37. The number of aromatic nitrogens is 1. The van der Waals surface area contributed by atoms with Gasteiger partial charge in [0.2, 0.25) is 0 Å². The second-order valence-electron chi connectivity index (χ2n) is 16.0. The maximum absolute atomic E-state index is 2.52. The number of fused-ring (bicyclic) bond motifs is 6. The lowest BCUT2D eigenvalue weighted by Crippen LogP contribution is -2.16. The van der Waals surface area contributed by atoms with Gasteiger partial charge in [0.1, 0.15) is 0 Å². The molecule has 0 atom stereocenters. The summed E-state index contributed by atoms with van der Waals surface area (Å²) in [5, 5.41) is 2.48. The monoisotopic (exact) mass is 754 g/mol. The molecule has 1 aliphatic carbocycles. The number of nitrogens with zero attached hydrogens (tertiary/aromatic N) is 2. The van der Waals surface area contributed by atoms with Crippen molar-refractivity contribution in [1.29, 1.82) is 0 Å². The molecule has 0 N–H and O–H groups in total. The third-order valence-electron chi connectivity index (χ3n) is 12.4. The molecule has 2 heteroatoms. The van der Waals surface area contributed by atoms with Crippen LogP contribution in [0.1, 0.15) is 25.0 Å². The molecule has 11 rings (SSSR count). The van der Waals surface area contributed by atoms with Crippen LogP contribution in [-0.4, -0.2) is 4.57 Å². The first kappa shape index (κ1) is 34.8. The average molecular weight is 755 g/mol. The molecule has 0 bridgehead atoms. The van der Waals surface area contributed by atoms with Gasteiger partial charge in [0, 0.05) is 27.3 Å². The maximum atomic E-state index is 2.52. The third-order valence-corrected chi connectivity index (χ3v) is 12.4. The van der Waals surface area contributed by atoms with Crippen LogP contribution in [0.2, 0.25) is 0 Å². The van der Waals surface area contributed by atoms with Gasteiger partial charge in [0.25, 0.3) is 0 Å². The van der Waals surface area contributed by atoms with E-state index >= 15 is 0 Å². The van der Waals surface area contributed by atoms with Crippen LogP contribution in [0.25, 0.3) is 72.0 Å². The van der Waals surface area contributed by atoms with Gasteiger partial charge < -0.3 is 9.47 Å². The molecule has 1 aromatic heterocycles. The van der Waals surface area contributed by atoms with Crippen molar-refractivity contribution >= 4 is 38.9 Å². The Morgan fingerprint density at radius 1 is 0.339 bits per heavy atom. The normalized spacial score (nSPS) is 12.7. The number of benzene rings is 9. The molecule has 2 nitrogen and oxygen atoms in total. The average Bonchev–Trinajstić information content (AvgIpc) is 3.76. The van der Waals surface area contributed by atoms with Crippen LogP contribution in [0.4, 0.5) is 17.1 Å². The zero-order valence-corrected chi connectivity index (χ0v) is 33.2. The van der Waals surface area contributed by atoms with E-state index in [0.29, 0.717) is 0 Å². The van der Waals surface area contributed by atoms with Gasteiger partial charge >= 0.3 is 0 Å². The van der Waals surface area contributed by atoms with Gasteiger partial charge in [-0.3, -0.25) is 0 Å². The predicted molar refractivity (Wildman–Crippen MR) is 249 cm³/mol. The first-order chi connectivity index (χ1) is 29.1. The Morgan fingerprint density at radius 3 is 1.47 bits per heavy atom. The first-order valence-corrected chi connectivity index (χ1v) is 20.5. The number of para-hydroxylation sites is 6. The molecular weight excluding hydrogens is 713 g/mol. The second-order valence-corrected chi connectivity index (χ2v) is 16.0. The summed E-state index contributed by atoms with van der Waals surface area (Å²) in [5.74, 6) is 0. The molecule has 0 saturated heterocycles. The Morgan fingerprint density at radius 2 is 0.797 bits per heavy atom. The van der Waals surface area contributed by atoms with Crippen LogP contribution in [0.15, 0.2) is 218 Å². The third kappa shape index (κ3) is 5.48. The zero-order chi connectivity index (χ0) is 39.5. The van der Waals surface area contributed by atoms with E-state index in [-0.39, 0.29) is 5.41 Å². The summed E-state index contributed by atoms with van der Waals surface area (Å²) in [4.78, 5) is 2.52. The molecule has 1 aliphatic rings. The standard InChI is InChI=1S/C57H42N2/c1-57(2)48-31-13-8-29-47(48)56-46(30-20-32-49(56)57)45-28-12-17-36-53(45)58(50-33-14-9-25-42(50)41-24-7-6-23-40(41)39-21-4-3-5-22-39)54-37-18-19-38-55(54)59-51-34-15-10-26-43(51)44-27-11-16-35-52(44)59/h3-38H,1-2H3. The van der Waals surface area contributed by atoms with E-state index in [1.807, 2.05) is 0 Å². The number of hydrogen-bond donors (Lipinski definition) is 0. The molecule has 59 heavy (non-hydrogen) atoms. The molecule has 0 saturated carbocycles. The van der Waals surface area contributed by atoms with Crippen LogP contribution >= 0.6 is 0 Å². The molecule has 0 fully saturated rings. The molecule has 280 valence electrons.